The molecule has 0 radical (unpaired) electrons. The van der Waals surface area contributed by atoms with Gasteiger partial charge in [-0.1, -0.05) is 0 Å². The molecule has 86 valence electrons. The number of aromatic nitrogens is 2. The molecule has 1 aromatic heterocycles. The van der Waals surface area contributed by atoms with Crippen LogP contribution in [0, 0.1) is 6.92 Å². The number of hydrogen-bond donors (Lipinski definition) is 2. The summed E-state index contributed by atoms with van der Waals surface area (Å²) in [7, 11) is 0. The Labute approximate surface area is 92.3 Å². The van der Waals surface area contributed by atoms with E-state index in [9.17, 15) is 9.59 Å². The zero-order valence-electron chi connectivity index (χ0n) is 8.93. The Bertz CT molecular complexity index is 427. The first kappa shape index (κ1) is 10.7. The topological polar surface area (TPSA) is 86.3 Å². The van der Waals surface area contributed by atoms with Crippen LogP contribution in [-0.4, -0.2) is 44.7 Å². The highest BCUT2D eigenvalue weighted by molar-refractivity contribution is 5.95. The van der Waals surface area contributed by atoms with Crippen molar-refractivity contribution in [3.63, 3.8) is 0 Å². The quantitative estimate of drug-likeness (QED) is 0.760. The lowest BCUT2D eigenvalue weighted by molar-refractivity contribution is -0.141. The summed E-state index contributed by atoms with van der Waals surface area (Å²) < 4.78 is 0. The molecule has 6 nitrogen and oxygen atoms in total. The summed E-state index contributed by atoms with van der Waals surface area (Å²) in [6.07, 6.45) is 1.25. The molecule has 6 heteroatoms. The van der Waals surface area contributed by atoms with Crippen LogP contribution >= 0.6 is 0 Å². The number of hydrogen-bond acceptors (Lipinski definition) is 3. The summed E-state index contributed by atoms with van der Waals surface area (Å²) >= 11 is 0. The molecule has 1 aliphatic rings. The average molecular weight is 223 g/mol. The number of carboxylic acids is 1. The van der Waals surface area contributed by atoms with Gasteiger partial charge in [0.15, 0.2) is 0 Å². The molecule has 0 aromatic carbocycles. The molecule has 16 heavy (non-hydrogen) atoms. The molecule has 1 aromatic rings. The second-order valence-electron chi connectivity index (χ2n) is 3.93. The van der Waals surface area contributed by atoms with E-state index in [0.29, 0.717) is 13.0 Å². The predicted octanol–water partition coefficient (Wildman–Crippen LogP) is 0.407. The van der Waals surface area contributed by atoms with Crippen LogP contribution in [0.4, 0.5) is 0 Å². The van der Waals surface area contributed by atoms with E-state index in [0.717, 1.165) is 12.1 Å². The van der Waals surface area contributed by atoms with Gasteiger partial charge in [0, 0.05) is 12.2 Å². The number of aryl methyl sites for hydroxylation is 1. The molecule has 0 spiro atoms. The smallest absolute Gasteiger partial charge is 0.326 e. The molecule has 0 aliphatic carbocycles. The van der Waals surface area contributed by atoms with E-state index in [-0.39, 0.29) is 11.6 Å². The molecule has 2 rings (SSSR count). The number of H-pyrrole nitrogens is 1. The van der Waals surface area contributed by atoms with E-state index >= 15 is 0 Å². The van der Waals surface area contributed by atoms with Crippen molar-refractivity contribution in [2.45, 2.75) is 25.8 Å². The molecular formula is C10H13N3O3. The average Bonchev–Trinajstić information content (AvgIpc) is 2.84. The summed E-state index contributed by atoms with van der Waals surface area (Å²) in [5.41, 5.74) is 1.07. The lowest BCUT2D eigenvalue weighted by atomic mass is 10.2. The van der Waals surface area contributed by atoms with Crippen molar-refractivity contribution in [2.75, 3.05) is 6.54 Å². The minimum atomic E-state index is -0.946. The van der Waals surface area contributed by atoms with Crippen LogP contribution in [0.1, 0.15) is 29.0 Å². The summed E-state index contributed by atoms with van der Waals surface area (Å²) in [5, 5.41) is 15.5. The van der Waals surface area contributed by atoms with Gasteiger partial charge in [0.1, 0.15) is 11.7 Å². The van der Waals surface area contributed by atoms with E-state index in [1.165, 1.54) is 4.90 Å². The van der Waals surface area contributed by atoms with Gasteiger partial charge in [0.25, 0.3) is 5.91 Å². The molecule has 1 amide bonds. The van der Waals surface area contributed by atoms with Crippen molar-refractivity contribution >= 4 is 11.9 Å². The van der Waals surface area contributed by atoms with Crippen LogP contribution in [0.3, 0.4) is 0 Å². The highest BCUT2D eigenvalue weighted by Gasteiger charge is 2.35. The summed E-state index contributed by atoms with van der Waals surface area (Å²) in [4.78, 5) is 24.3. The second-order valence-corrected chi connectivity index (χ2v) is 3.93. The summed E-state index contributed by atoms with van der Waals surface area (Å²) in [6, 6.07) is 0.920. The molecule has 2 N–H and O–H groups in total. The lowest BCUT2D eigenvalue weighted by Gasteiger charge is -2.19. The van der Waals surface area contributed by atoms with Crippen LogP contribution in [0.5, 0.6) is 0 Å². The number of aromatic amines is 1. The molecule has 0 saturated carbocycles. The number of carbonyl (C=O) groups excluding carboxylic acids is 1. The number of aliphatic carboxylic acids is 1. The third kappa shape index (κ3) is 1.78. The molecule has 1 unspecified atom stereocenters. The number of amides is 1. The largest absolute Gasteiger partial charge is 0.480 e. The fraction of sp³-hybridized carbons (Fsp3) is 0.500. The van der Waals surface area contributed by atoms with Crippen molar-refractivity contribution in [3.05, 3.63) is 17.5 Å². The monoisotopic (exact) mass is 223 g/mol. The summed E-state index contributed by atoms with van der Waals surface area (Å²) in [5.74, 6) is -1.26. The van der Waals surface area contributed by atoms with Crippen molar-refractivity contribution < 1.29 is 14.7 Å². The lowest BCUT2D eigenvalue weighted by Crippen LogP contribution is -2.40. The Morgan fingerprint density at radius 2 is 2.38 bits per heavy atom. The Balaban J connectivity index is 2.18. The van der Waals surface area contributed by atoms with Gasteiger partial charge >= 0.3 is 5.97 Å². The predicted molar refractivity (Wildman–Crippen MR) is 55.0 cm³/mol. The van der Waals surface area contributed by atoms with Crippen LogP contribution in [-0.2, 0) is 4.79 Å². The van der Waals surface area contributed by atoms with Gasteiger partial charge in [-0.25, -0.2) is 4.79 Å². The Hall–Kier alpha value is -1.85. The normalized spacial score (nSPS) is 20.1. The molecular weight excluding hydrogens is 210 g/mol. The van der Waals surface area contributed by atoms with E-state index in [1.54, 1.807) is 13.0 Å². The van der Waals surface area contributed by atoms with Gasteiger partial charge in [0.05, 0.1) is 0 Å². The highest BCUT2D eigenvalue weighted by atomic mass is 16.4. The van der Waals surface area contributed by atoms with Gasteiger partial charge in [-0.3, -0.25) is 9.89 Å². The number of nitrogens with zero attached hydrogens (tertiary/aromatic N) is 2. The molecule has 1 atom stereocenters. The van der Waals surface area contributed by atoms with Crippen molar-refractivity contribution in [1.82, 2.24) is 15.1 Å². The van der Waals surface area contributed by atoms with Crippen molar-refractivity contribution in [3.8, 4) is 0 Å². The van der Waals surface area contributed by atoms with Crippen LogP contribution in [0.25, 0.3) is 0 Å². The van der Waals surface area contributed by atoms with Crippen molar-refractivity contribution in [1.29, 1.82) is 0 Å². The Morgan fingerprint density at radius 3 is 2.94 bits per heavy atom. The van der Waals surface area contributed by atoms with E-state index in [1.807, 2.05) is 0 Å². The molecule has 1 saturated heterocycles. The van der Waals surface area contributed by atoms with E-state index < -0.39 is 12.0 Å². The minimum Gasteiger partial charge on any atom is -0.480 e. The standard InChI is InChI=1S/C10H13N3O3/c1-6-5-7(12-11-6)9(14)13-4-2-3-8(13)10(15)16/h5,8H,2-4H2,1H3,(H,11,12)(H,15,16). The van der Waals surface area contributed by atoms with E-state index in [2.05, 4.69) is 10.2 Å². The third-order valence-corrected chi connectivity index (χ3v) is 2.72. The third-order valence-electron chi connectivity index (χ3n) is 2.72. The highest BCUT2D eigenvalue weighted by Crippen LogP contribution is 2.19. The van der Waals surface area contributed by atoms with Gasteiger partial charge in [-0.05, 0) is 25.8 Å². The van der Waals surface area contributed by atoms with Crippen molar-refractivity contribution in [2.24, 2.45) is 0 Å². The number of nitrogens with one attached hydrogen (secondary N) is 1. The Kier molecular flexibility index (Phi) is 2.64. The first-order valence-electron chi connectivity index (χ1n) is 5.15. The fourth-order valence-corrected chi connectivity index (χ4v) is 1.94. The summed E-state index contributed by atoms with van der Waals surface area (Å²) in [6.45, 7) is 2.28. The maximum Gasteiger partial charge on any atom is 0.326 e. The van der Waals surface area contributed by atoms with Crippen LogP contribution in [0.15, 0.2) is 6.07 Å². The first-order chi connectivity index (χ1) is 7.59. The number of carbonyl (C=O) groups is 2. The maximum absolute atomic E-state index is 12.0. The zero-order chi connectivity index (χ0) is 11.7. The number of rotatable bonds is 2. The first-order valence-corrected chi connectivity index (χ1v) is 5.15. The fourth-order valence-electron chi connectivity index (χ4n) is 1.94. The maximum atomic E-state index is 12.0. The number of likely N-dealkylation sites (tertiary alicyclic amines) is 1. The molecule has 1 fully saturated rings. The van der Waals surface area contributed by atoms with E-state index in [4.69, 9.17) is 5.11 Å². The van der Waals surface area contributed by atoms with Crippen LogP contribution in [0.2, 0.25) is 0 Å². The van der Waals surface area contributed by atoms with Gasteiger partial charge in [-0.2, -0.15) is 5.10 Å². The SMILES string of the molecule is Cc1cc(C(=O)N2CCCC2C(=O)O)n[nH]1. The molecule has 1 aliphatic heterocycles. The van der Waals surface area contributed by atoms with Gasteiger partial charge in [0.2, 0.25) is 0 Å². The van der Waals surface area contributed by atoms with Crippen LogP contribution < -0.4 is 0 Å². The van der Waals surface area contributed by atoms with Gasteiger partial charge < -0.3 is 10.0 Å². The number of carboxylic acid groups (broad SMARTS) is 1. The second kappa shape index (κ2) is 3.96. The molecule has 0 bridgehead atoms. The zero-order valence-corrected chi connectivity index (χ0v) is 8.93. The Morgan fingerprint density at radius 1 is 1.62 bits per heavy atom. The molecule has 2 heterocycles. The minimum absolute atomic E-state index is 0.283. The van der Waals surface area contributed by atoms with Gasteiger partial charge in [-0.15, -0.1) is 0 Å².